The minimum absolute atomic E-state index is 0.167. The van der Waals surface area contributed by atoms with Gasteiger partial charge in [0.1, 0.15) is 0 Å². The van der Waals surface area contributed by atoms with Crippen molar-refractivity contribution in [2.45, 2.75) is 13.8 Å². The fraction of sp³-hybridized carbons (Fsp3) is 0.167. The molecule has 0 aliphatic carbocycles. The van der Waals surface area contributed by atoms with Gasteiger partial charge in [-0.2, -0.15) is 0 Å². The molecule has 0 atom stereocenters. The van der Waals surface area contributed by atoms with Gasteiger partial charge in [0.15, 0.2) is 0 Å². The summed E-state index contributed by atoms with van der Waals surface area (Å²) in [6.07, 6.45) is 0. The highest BCUT2D eigenvalue weighted by Gasteiger charge is 2.19. The van der Waals surface area contributed by atoms with E-state index in [1.165, 1.54) is 0 Å². The molecule has 0 saturated carbocycles. The highest BCUT2D eigenvalue weighted by molar-refractivity contribution is 6.41. The highest BCUT2D eigenvalue weighted by Crippen LogP contribution is 2.33. The van der Waals surface area contributed by atoms with Crippen LogP contribution in [0.4, 0.5) is 0 Å². The van der Waals surface area contributed by atoms with Crippen LogP contribution in [0.25, 0.3) is 10.9 Å². The molecule has 0 amide bonds. The Labute approximate surface area is 108 Å². The SMILES string of the molecule is Cc1nc2c(Cl)ccc(Cl)c2c(C(=O)O)c1C. The van der Waals surface area contributed by atoms with E-state index in [0.29, 0.717) is 32.2 Å². The minimum Gasteiger partial charge on any atom is -0.478 e. The molecule has 0 aliphatic heterocycles. The van der Waals surface area contributed by atoms with E-state index in [4.69, 9.17) is 23.2 Å². The molecule has 1 N–H and O–H groups in total. The van der Waals surface area contributed by atoms with Crippen LogP contribution in [0.2, 0.25) is 10.0 Å². The van der Waals surface area contributed by atoms with Gasteiger partial charge in [-0.05, 0) is 31.5 Å². The second-order valence-electron chi connectivity index (χ2n) is 3.76. The summed E-state index contributed by atoms with van der Waals surface area (Å²) >= 11 is 12.1. The van der Waals surface area contributed by atoms with E-state index in [0.717, 1.165) is 0 Å². The molecule has 0 fully saturated rings. The summed E-state index contributed by atoms with van der Waals surface area (Å²) in [5, 5.41) is 10.4. The third-order valence-corrected chi connectivity index (χ3v) is 3.36. The molecule has 2 rings (SSSR count). The van der Waals surface area contributed by atoms with Crippen molar-refractivity contribution in [2.75, 3.05) is 0 Å². The lowest BCUT2D eigenvalue weighted by Crippen LogP contribution is -2.05. The number of hydrogen-bond acceptors (Lipinski definition) is 2. The average Bonchev–Trinajstić information content (AvgIpc) is 2.26. The van der Waals surface area contributed by atoms with E-state index < -0.39 is 5.97 Å². The number of halogens is 2. The zero-order chi connectivity index (χ0) is 12.7. The van der Waals surface area contributed by atoms with Gasteiger partial charge in [0.05, 0.1) is 21.1 Å². The molecule has 0 radical (unpaired) electrons. The van der Waals surface area contributed by atoms with Gasteiger partial charge in [-0.1, -0.05) is 23.2 Å². The van der Waals surface area contributed by atoms with E-state index in [1.807, 2.05) is 0 Å². The van der Waals surface area contributed by atoms with Gasteiger partial charge >= 0.3 is 5.97 Å². The lowest BCUT2D eigenvalue weighted by atomic mass is 10.0. The summed E-state index contributed by atoms with van der Waals surface area (Å²) < 4.78 is 0. The smallest absolute Gasteiger partial charge is 0.336 e. The Kier molecular flexibility index (Phi) is 2.98. The number of aromatic nitrogens is 1. The molecule has 0 saturated heterocycles. The van der Waals surface area contributed by atoms with Crippen LogP contribution in [0.1, 0.15) is 21.6 Å². The van der Waals surface area contributed by atoms with Gasteiger partial charge in [0.2, 0.25) is 0 Å². The number of fused-ring (bicyclic) bond motifs is 1. The molecule has 1 aromatic heterocycles. The summed E-state index contributed by atoms with van der Waals surface area (Å²) in [6, 6.07) is 3.19. The van der Waals surface area contributed by atoms with E-state index in [2.05, 4.69) is 4.98 Å². The molecule has 1 aromatic carbocycles. The maximum atomic E-state index is 11.3. The number of aryl methyl sites for hydroxylation is 1. The molecule has 88 valence electrons. The Bertz CT molecular complexity index is 638. The number of carboxylic acid groups (broad SMARTS) is 1. The van der Waals surface area contributed by atoms with E-state index in [9.17, 15) is 9.90 Å². The Hall–Kier alpha value is -1.32. The first-order valence-corrected chi connectivity index (χ1v) is 5.67. The van der Waals surface area contributed by atoms with Crippen LogP contribution in [0, 0.1) is 13.8 Å². The normalized spacial score (nSPS) is 10.8. The molecule has 0 spiro atoms. The standard InChI is InChI=1S/C12H9Cl2NO2/c1-5-6(2)15-11-8(14)4-3-7(13)10(11)9(5)12(16)17/h3-4H,1-2H3,(H,16,17). The van der Waals surface area contributed by atoms with E-state index in [1.54, 1.807) is 26.0 Å². The van der Waals surface area contributed by atoms with Crippen LogP contribution in [0.3, 0.4) is 0 Å². The Morgan fingerprint density at radius 2 is 1.82 bits per heavy atom. The average molecular weight is 270 g/mol. The number of benzene rings is 1. The maximum absolute atomic E-state index is 11.3. The fourth-order valence-electron chi connectivity index (χ4n) is 1.78. The zero-order valence-electron chi connectivity index (χ0n) is 9.21. The van der Waals surface area contributed by atoms with Gasteiger partial charge in [0.25, 0.3) is 0 Å². The number of nitrogens with zero attached hydrogens (tertiary/aromatic N) is 1. The number of carboxylic acids is 1. The predicted octanol–water partition coefficient (Wildman–Crippen LogP) is 3.86. The van der Waals surface area contributed by atoms with Crippen molar-refractivity contribution in [2.24, 2.45) is 0 Å². The van der Waals surface area contributed by atoms with Crippen molar-refractivity contribution in [3.63, 3.8) is 0 Å². The van der Waals surface area contributed by atoms with Crippen molar-refractivity contribution < 1.29 is 9.90 Å². The third kappa shape index (κ3) is 1.85. The third-order valence-electron chi connectivity index (χ3n) is 2.74. The molecule has 3 nitrogen and oxygen atoms in total. The van der Waals surface area contributed by atoms with Crippen molar-refractivity contribution in [1.82, 2.24) is 4.98 Å². The number of carbonyl (C=O) groups is 1. The van der Waals surface area contributed by atoms with Crippen molar-refractivity contribution >= 4 is 40.1 Å². The van der Waals surface area contributed by atoms with Crippen LogP contribution >= 0.6 is 23.2 Å². The van der Waals surface area contributed by atoms with Crippen LogP contribution in [-0.4, -0.2) is 16.1 Å². The van der Waals surface area contributed by atoms with Gasteiger partial charge in [-0.3, -0.25) is 4.98 Å². The van der Waals surface area contributed by atoms with Crippen LogP contribution in [0.5, 0.6) is 0 Å². The lowest BCUT2D eigenvalue weighted by molar-refractivity contribution is 0.0698. The first-order chi connectivity index (χ1) is 7.93. The lowest BCUT2D eigenvalue weighted by Gasteiger charge is -2.11. The van der Waals surface area contributed by atoms with Crippen molar-refractivity contribution in [3.05, 3.63) is 39.0 Å². The van der Waals surface area contributed by atoms with Gasteiger partial charge < -0.3 is 5.11 Å². The van der Waals surface area contributed by atoms with Crippen LogP contribution in [0.15, 0.2) is 12.1 Å². The second-order valence-corrected chi connectivity index (χ2v) is 4.57. The number of aromatic carboxylic acids is 1. The Morgan fingerprint density at radius 1 is 1.24 bits per heavy atom. The molecular formula is C12H9Cl2NO2. The Balaban J connectivity index is 3.08. The molecule has 0 bridgehead atoms. The quantitative estimate of drug-likeness (QED) is 0.856. The number of pyridine rings is 1. The van der Waals surface area contributed by atoms with Gasteiger partial charge in [0, 0.05) is 11.1 Å². The fourth-order valence-corrected chi connectivity index (χ4v) is 2.22. The zero-order valence-corrected chi connectivity index (χ0v) is 10.7. The van der Waals surface area contributed by atoms with Crippen molar-refractivity contribution in [3.8, 4) is 0 Å². The second kappa shape index (κ2) is 4.17. The van der Waals surface area contributed by atoms with Crippen molar-refractivity contribution in [1.29, 1.82) is 0 Å². The summed E-state index contributed by atoms with van der Waals surface area (Å²) in [6.45, 7) is 3.46. The first kappa shape index (κ1) is 12.1. The van der Waals surface area contributed by atoms with Crippen LogP contribution < -0.4 is 0 Å². The molecule has 0 aliphatic rings. The highest BCUT2D eigenvalue weighted by atomic mass is 35.5. The molecule has 2 aromatic rings. The molecule has 17 heavy (non-hydrogen) atoms. The summed E-state index contributed by atoms with van der Waals surface area (Å²) in [4.78, 5) is 15.6. The monoisotopic (exact) mass is 269 g/mol. The Morgan fingerprint density at radius 3 is 2.41 bits per heavy atom. The maximum Gasteiger partial charge on any atom is 0.336 e. The first-order valence-electron chi connectivity index (χ1n) is 4.91. The minimum atomic E-state index is -1.03. The topological polar surface area (TPSA) is 50.2 Å². The molecular weight excluding hydrogens is 261 g/mol. The summed E-state index contributed by atoms with van der Waals surface area (Å²) in [5.41, 5.74) is 1.84. The molecule has 5 heteroatoms. The number of rotatable bonds is 1. The summed E-state index contributed by atoms with van der Waals surface area (Å²) in [5.74, 6) is -1.03. The number of hydrogen-bond donors (Lipinski definition) is 1. The molecule has 1 heterocycles. The predicted molar refractivity (Wildman–Crippen MR) is 68.2 cm³/mol. The van der Waals surface area contributed by atoms with Gasteiger partial charge in [-0.15, -0.1) is 0 Å². The largest absolute Gasteiger partial charge is 0.478 e. The molecule has 0 unspecified atom stereocenters. The summed E-state index contributed by atoms with van der Waals surface area (Å²) in [7, 11) is 0. The van der Waals surface area contributed by atoms with Crippen LogP contribution in [-0.2, 0) is 0 Å². The van der Waals surface area contributed by atoms with E-state index >= 15 is 0 Å². The van der Waals surface area contributed by atoms with E-state index in [-0.39, 0.29) is 5.56 Å². The van der Waals surface area contributed by atoms with Gasteiger partial charge in [-0.25, -0.2) is 4.79 Å².